The molecule has 2 aliphatic rings. The Morgan fingerprint density at radius 2 is 1.92 bits per heavy atom. The van der Waals surface area contributed by atoms with E-state index in [1.165, 1.54) is 10.5 Å². The summed E-state index contributed by atoms with van der Waals surface area (Å²) in [4.78, 5) is 31.2. The maximum atomic E-state index is 13.3. The third-order valence-electron chi connectivity index (χ3n) is 7.33. The molecule has 1 aliphatic heterocycles. The van der Waals surface area contributed by atoms with Crippen LogP contribution < -0.4 is 10.2 Å². The number of nitrogens with one attached hydrogen (secondary N) is 1. The summed E-state index contributed by atoms with van der Waals surface area (Å²) >= 11 is 0. The van der Waals surface area contributed by atoms with Crippen LogP contribution in [-0.2, 0) is 15.0 Å². The van der Waals surface area contributed by atoms with E-state index in [0.717, 1.165) is 36.9 Å². The average Bonchev–Trinajstić information content (AvgIpc) is 3.31. The minimum Gasteiger partial charge on any atom is -0.390 e. The number of nitriles is 1. The number of aldehydes is 1. The quantitative estimate of drug-likeness (QED) is 0.437. The molecule has 4 rings (SSSR count). The maximum absolute atomic E-state index is 13.3. The van der Waals surface area contributed by atoms with Crippen LogP contribution in [0.5, 0.6) is 0 Å². The van der Waals surface area contributed by atoms with Crippen LogP contribution >= 0.6 is 0 Å². The number of carbonyl (C=O) groups excluding carboxylic acids is 2. The Labute approximate surface area is 226 Å². The van der Waals surface area contributed by atoms with Crippen LogP contribution in [0.4, 0.5) is 5.69 Å². The number of likely N-dealkylation sites (tertiary alicyclic amines) is 1. The van der Waals surface area contributed by atoms with Crippen molar-refractivity contribution in [1.29, 1.82) is 5.26 Å². The molecule has 2 unspecified atom stereocenters. The van der Waals surface area contributed by atoms with Crippen molar-refractivity contribution in [2.45, 2.75) is 88.9 Å². The highest BCUT2D eigenvalue weighted by molar-refractivity contribution is 5.87. The summed E-state index contributed by atoms with van der Waals surface area (Å²) in [7, 11) is 1.93. The van der Waals surface area contributed by atoms with Gasteiger partial charge in [-0.1, -0.05) is 39.0 Å². The van der Waals surface area contributed by atoms with E-state index in [0.29, 0.717) is 12.8 Å². The number of likely N-dealkylation sites (N-methyl/N-ethyl adjacent to an activating group) is 1. The fourth-order valence-corrected chi connectivity index (χ4v) is 5.58. The number of pyridine rings is 1. The molecule has 1 amide bonds. The van der Waals surface area contributed by atoms with E-state index in [2.05, 4.69) is 55.3 Å². The number of amides is 1. The number of aliphatic hydroxyl groups is 1. The molecule has 1 saturated carbocycles. The minimum atomic E-state index is -0.708. The number of carbonyl (C=O) groups is 2. The summed E-state index contributed by atoms with van der Waals surface area (Å²) in [6, 6.07) is 11.5. The minimum absolute atomic E-state index is 0.0764. The smallest absolute Gasteiger partial charge is 0.247 e. The van der Waals surface area contributed by atoms with Gasteiger partial charge in [-0.3, -0.25) is 9.78 Å². The Morgan fingerprint density at radius 1 is 1.26 bits per heavy atom. The molecule has 8 heteroatoms. The molecule has 1 aromatic carbocycles. The summed E-state index contributed by atoms with van der Waals surface area (Å²) < 4.78 is 0. The van der Waals surface area contributed by atoms with E-state index in [1.807, 2.05) is 44.1 Å². The fraction of sp³-hybridized carbons (Fsp3) is 0.533. The zero-order valence-corrected chi connectivity index (χ0v) is 23.4. The number of hydrogen-bond donors (Lipinski definition) is 2. The lowest BCUT2D eigenvalue weighted by atomic mass is 9.67. The summed E-state index contributed by atoms with van der Waals surface area (Å²) in [5, 5.41) is 21.7. The number of hydrogen-bond acceptors (Lipinski definition) is 7. The predicted molar refractivity (Wildman–Crippen MR) is 148 cm³/mol. The summed E-state index contributed by atoms with van der Waals surface area (Å²) in [5.41, 5.74) is 2.03. The predicted octanol–water partition coefficient (Wildman–Crippen LogP) is 4.11. The largest absolute Gasteiger partial charge is 0.390 e. The van der Waals surface area contributed by atoms with E-state index in [1.54, 1.807) is 12.4 Å². The van der Waals surface area contributed by atoms with E-state index >= 15 is 0 Å². The molecule has 1 aromatic heterocycles. The first-order chi connectivity index (χ1) is 17.8. The van der Waals surface area contributed by atoms with Crippen LogP contribution in [0.25, 0.3) is 0 Å². The van der Waals surface area contributed by atoms with Crippen molar-refractivity contribution < 1.29 is 14.7 Å². The van der Waals surface area contributed by atoms with Crippen LogP contribution in [0.2, 0.25) is 0 Å². The molecule has 0 spiro atoms. The molecule has 1 aliphatic carbocycles. The average molecular weight is 520 g/mol. The van der Waals surface area contributed by atoms with Gasteiger partial charge in [0.2, 0.25) is 5.91 Å². The highest BCUT2D eigenvalue weighted by Gasteiger charge is 2.49. The highest BCUT2D eigenvalue weighted by atomic mass is 16.3. The SMILES string of the molecule is CN(c1ccc(C(C)(C)C)cc1)C(C(=O)NC1(C)CC(C)(O)C1)c1cccnc1.N#CN1CCCC1C=O. The Kier molecular flexibility index (Phi) is 8.83. The first kappa shape index (κ1) is 29.1. The summed E-state index contributed by atoms with van der Waals surface area (Å²) in [5.74, 6) is -0.0848. The summed E-state index contributed by atoms with van der Waals surface area (Å²) in [6.45, 7) is 11.1. The number of aromatic nitrogens is 1. The lowest BCUT2D eigenvalue weighted by Crippen LogP contribution is -2.63. The number of benzene rings is 1. The zero-order chi connectivity index (χ0) is 28.1. The fourth-order valence-electron chi connectivity index (χ4n) is 5.58. The normalized spacial score (nSPS) is 25.2. The molecule has 0 radical (unpaired) electrons. The van der Waals surface area contributed by atoms with Crippen molar-refractivity contribution in [3.63, 3.8) is 0 Å². The van der Waals surface area contributed by atoms with E-state index in [9.17, 15) is 14.7 Å². The van der Waals surface area contributed by atoms with Gasteiger partial charge < -0.3 is 25.0 Å². The second-order valence-corrected chi connectivity index (χ2v) is 12.1. The van der Waals surface area contributed by atoms with Crippen molar-refractivity contribution in [3.05, 3.63) is 59.9 Å². The Hall–Kier alpha value is -3.44. The second-order valence-electron chi connectivity index (χ2n) is 12.1. The molecule has 1 saturated heterocycles. The molecule has 2 heterocycles. The van der Waals surface area contributed by atoms with Gasteiger partial charge in [0.05, 0.1) is 11.6 Å². The highest BCUT2D eigenvalue weighted by Crippen LogP contribution is 2.41. The third kappa shape index (κ3) is 7.11. The number of nitrogens with zero attached hydrogens (tertiary/aromatic N) is 4. The standard InChI is InChI=1S/C24H33N3O2.C6H8N2O/c1-22(2,3)18-9-11-19(12-10-18)27(6)20(17-8-7-13-25-14-17)21(28)26-23(4)15-24(5,29)16-23;7-5-8-3-1-2-6(8)4-9/h7-14,20,29H,15-16H2,1-6H3,(H,26,28);4,6H,1-3H2. The van der Waals surface area contributed by atoms with Crippen molar-refractivity contribution in [2.24, 2.45) is 0 Å². The number of rotatable bonds is 6. The summed E-state index contributed by atoms with van der Waals surface area (Å²) in [6.07, 6.45) is 9.18. The Morgan fingerprint density at radius 3 is 2.39 bits per heavy atom. The Balaban J connectivity index is 0.000000375. The molecule has 2 atom stereocenters. The molecular formula is C30H41N5O3. The maximum Gasteiger partial charge on any atom is 0.247 e. The van der Waals surface area contributed by atoms with Gasteiger partial charge >= 0.3 is 0 Å². The van der Waals surface area contributed by atoms with Gasteiger partial charge in [0.1, 0.15) is 12.3 Å². The number of anilines is 1. The third-order valence-corrected chi connectivity index (χ3v) is 7.33. The van der Waals surface area contributed by atoms with Gasteiger partial charge in [0, 0.05) is 42.8 Å². The van der Waals surface area contributed by atoms with Gasteiger partial charge in [0.25, 0.3) is 0 Å². The molecule has 8 nitrogen and oxygen atoms in total. The second kappa shape index (κ2) is 11.5. The van der Waals surface area contributed by atoms with Crippen molar-refractivity contribution >= 4 is 17.9 Å². The van der Waals surface area contributed by atoms with Crippen molar-refractivity contribution in [2.75, 3.05) is 18.5 Å². The van der Waals surface area contributed by atoms with Crippen LogP contribution in [0, 0.1) is 11.5 Å². The molecular weight excluding hydrogens is 478 g/mol. The molecule has 204 valence electrons. The van der Waals surface area contributed by atoms with Gasteiger partial charge in [0.15, 0.2) is 6.19 Å². The van der Waals surface area contributed by atoms with E-state index in [4.69, 9.17) is 5.26 Å². The van der Waals surface area contributed by atoms with Crippen LogP contribution in [-0.4, -0.2) is 58.0 Å². The van der Waals surface area contributed by atoms with Gasteiger partial charge in [-0.2, -0.15) is 5.26 Å². The molecule has 2 fully saturated rings. The molecule has 0 bridgehead atoms. The van der Waals surface area contributed by atoms with E-state index < -0.39 is 17.2 Å². The molecule has 38 heavy (non-hydrogen) atoms. The van der Waals surface area contributed by atoms with Crippen molar-refractivity contribution in [1.82, 2.24) is 15.2 Å². The molecule has 2 aromatic rings. The first-order valence-electron chi connectivity index (χ1n) is 13.2. The van der Waals surface area contributed by atoms with Crippen LogP contribution in [0.3, 0.4) is 0 Å². The zero-order valence-electron chi connectivity index (χ0n) is 23.4. The first-order valence-corrected chi connectivity index (χ1v) is 13.2. The van der Waals surface area contributed by atoms with Gasteiger partial charge in [-0.15, -0.1) is 0 Å². The lowest BCUT2D eigenvalue weighted by molar-refractivity contribution is -0.131. The van der Waals surface area contributed by atoms with Gasteiger partial charge in [-0.05, 0) is 68.7 Å². The molecule has 2 N–H and O–H groups in total. The Bertz CT molecular complexity index is 1130. The van der Waals surface area contributed by atoms with Crippen LogP contribution in [0.15, 0.2) is 48.8 Å². The van der Waals surface area contributed by atoms with Gasteiger partial charge in [-0.25, -0.2) is 0 Å². The monoisotopic (exact) mass is 519 g/mol. The lowest BCUT2D eigenvalue weighted by Gasteiger charge is -2.50. The van der Waals surface area contributed by atoms with E-state index in [-0.39, 0.29) is 17.4 Å². The topological polar surface area (TPSA) is 110 Å². The van der Waals surface area contributed by atoms with Crippen molar-refractivity contribution in [3.8, 4) is 6.19 Å². The van der Waals surface area contributed by atoms with Crippen LogP contribution in [0.1, 0.15) is 77.5 Å².